The van der Waals surface area contributed by atoms with E-state index in [1.807, 2.05) is 0 Å². The molecule has 70 valence electrons. The van der Waals surface area contributed by atoms with E-state index in [1.54, 1.807) is 14.7 Å². The van der Waals surface area contributed by atoms with Crippen LogP contribution in [0.1, 0.15) is 5.82 Å². The van der Waals surface area contributed by atoms with Crippen molar-refractivity contribution >= 4 is 16.3 Å². The SMILES string of the molecule is c1nn2c(Cn3cnnn3)nnc2s1. The number of nitrogens with zero attached hydrogens (tertiary/aromatic N) is 8. The molecule has 0 aliphatic carbocycles. The lowest BCUT2D eigenvalue weighted by Crippen LogP contribution is -2.05. The van der Waals surface area contributed by atoms with Gasteiger partial charge in [0.05, 0.1) is 0 Å². The Labute approximate surface area is 81.2 Å². The van der Waals surface area contributed by atoms with Gasteiger partial charge < -0.3 is 0 Å². The minimum absolute atomic E-state index is 0.470. The molecule has 3 aromatic rings. The summed E-state index contributed by atoms with van der Waals surface area (Å²) >= 11 is 1.44. The van der Waals surface area contributed by atoms with E-state index in [9.17, 15) is 0 Å². The van der Waals surface area contributed by atoms with E-state index in [0.29, 0.717) is 12.4 Å². The maximum atomic E-state index is 4.09. The van der Waals surface area contributed by atoms with Crippen LogP contribution in [0.4, 0.5) is 0 Å². The van der Waals surface area contributed by atoms with Gasteiger partial charge in [-0.1, -0.05) is 11.3 Å². The summed E-state index contributed by atoms with van der Waals surface area (Å²) in [6.07, 6.45) is 1.52. The largest absolute Gasteiger partial charge is 0.234 e. The molecule has 0 aliphatic heterocycles. The van der Waals surface area contributed by atoms with Crippen molar-refractivity contribution in [2.24, 2.45) is 0 Å². The topological polar surface area (TPSA) is 86.7 Å². The molecule has 0 spiro atoms. The second-order valence-corrected chi connectivity index (χ2v) is 3.37. The third-order valence-electron chi connectivity index (χ3n) is 1.69. The van der Waals surface area contributed by atoms with Gasteiger partial charge in [0.15, 0.2) is 5.82 Å². The summed E-state index contributed by atoms with van der Waals surface area (Å²) in [6.45, 7) is 0.470. The van der Waals surface area contributed by atoms with E-state index < -0.39 is 0 Å². The van der Waals surface area contributed by atoms with Crippen LogP contribution in [0.5, 0.6) is 0 Å². The van der Waals surface area contributed by atoms with Crippen LogP contribution >= 0.6 is 11.3 Å². The highest BCUT2D eigenvalue weighted by atomic mass is 32.1. The normalized spacial score (nSPS) is 11.1. The Balaban J connectivity index is 2.02. The number of hydrogen-bond donors (Lipinski definition) is 0. The van der Waals surface area contributed by atoms with Gasteiger partial charge in [0.1, 0.15) is 18.4 Å². The van der Waals surface area contributed by atoms with E-state index in [4.69, 9.17) is 0 Å². The van der Waals surface area contributed by atoms with Gasteiger partial charge >= 0.3 is 0 Å². The van der Waals surface area contributed by atoms with Crippen molar-refractivity contribution in [2.75, 3.05) is 0 Å². The molecule has 9 heteroatoms. The van der Waals surface area contributed by atoms with Crippen LogP contribution in [0.2, 0.25) is 0 Å². The first kappa shape index (κ1) is 7.50. The molecule has 0 saturated heterocycles. The predicted octanol–water partition coefficient (Wildman–Crippen LogP) is -0.779. The Hall–Kier alpha value is -1.90. The molecule has 3 aromatic heterocycles. The van der Waals surface area contributed by atoms with Crippen LogP contribution in [-0.2, 0) is 6.54 Å². The smallest absolute Gasteiger partial charge is 0.225 e. The third-order valence-corrected chi connectivity index (χ3v) is 2.36. The molecule has 0 unspecified atom stereocenters. The fourth-order valence-corrected chi connectivity index (χ4v) is 1.68. The van der Waals surface area contributed by atoms with Crippen LogP contribution in [0.15, 0.2) is 11.8 Å². The van der Waals surface area contributed by atoms with E-state index in [1.165, 1.54) is 17.7 Å². The highest BCUT2D eigenvalue weighted by Gasteiger charge is 2.08. The van der Waals surface area contributed by atoms with Gasteiger partial charge in [-0.25, -0.2) is 4.68 Å². The molecule has 0 aromatic carbocycles. The lowest BCUT2D eigenvalue weighted by atomic mass is 10.6. The first-order chi connectivity index (χ1) is 6.93. The van der Waals surface area contributed by atoms with E-state index >= 15 is 0 Å². The summed E-state index contributed by atoms with van der Waals surface area (Å²) in [7, 11) is 0. The molecule has 3 rings (SSSR count). The Morgan fingerprint density at radius 3 is 3.21 bits per heavy atom. The summed E-state index contributed by atoms with van der Waals surface area (Å²) in [5.74, 6) is 0.716. The second kappa shape index (κ2) is 2.80. The first-order valence-corrected chi connectivity index (χ1v) is 4.66. The van der Waals surface area contributed by atoms with Gasteiger partial charge in [-0.3, -0.25) is 0 Å². The Bertz CT molecular complexity index is 535. The molecule has 14 heavy (non-hydrogen) atoms. The van der Waals surface area contributed by atoms with Gasteiger partial charge in [0, 0.05) is 0 Å². The summed E-state index contributed by atoms with van der Waals surface area (Å²) in [6, 6.07) is 0. The second-order valence-electron chi connectivity index (χ2n) is 2.56. The number of rotatable bonds is 2. The molecular weight excluding hydrogens is 204 g/mol. The van der Waals surface area contributed by atoms with Crippen LogP contribution in [0, 0.1) is 0 Å². The minimum atomic E-state index is 0.470. The summed E-state index contributed by atoms with van der Waals surface area (Å²) in [5.41, 5.74) is 1.72. The van der Waals surface area contributed by atoms with Crippen LogP contribution in [-0.4, -0.2) is 40.0 Å². The first-order valence-electron chi connectivity index (χ1n) is 3.78. The maximum Gasteiger partial charge on any atom is 0.234 e. The average molecular weight is 208 g/mol. The van der Waals surface area contributed by atoms with Crippen molar-refractivity contribution in [3.63, 3.8) is 0 Å². The predicted molar refractivity (Wildman–Crippen MR) is 45.6 cm³/mol. The number of tetrazole rings is 1. The minimum Gasteiger partial charge on any atom is -0.225 e. The monoisotopic (exact) mass is 208 g/mol. The summed E-state index contributed by atoms with van der Waals surface area (Å²) in [5, 5.41) is 22.8. The van der Waals surface area contributed by atoms with Crippen molar-refractivity contribution in [2.45, 2.75) is 6.54 Å². The number of fused-ring (bicyclic) bond motifs is 1. The number of aromatic nitrogens is 8. The van der Waals surface area contributed by atoms with Gasteiger partial charge in [0.2, 0.25) is 4.96 Å². The standard InChI is InChI=1S/C5H4N8S/c1(12-2-6-10-11-12)4-8-9-5-13(4)7-3-14-5/h2-3H,1H2. The molecule has 0 radical (unpaired) electrons. The quantitative estimate of drug-likeness (QED) is 0.549. The molecule has 0 saturated carbocycles. The van der Waals surface area contributed by atoms with E-state index in [-0.39, 0.29) is 0 Å². The van der Waals surface area contributed by atoms with Crippen molar-refractivity contribution in [3.05, 3.63) is 17.7 Å². The van der Waals surface area contributed by atoms with Gasteiger partial charge in [0.25, 0.3) is 0 Å². The zero-order chi connectivity index (χ0) is 9.38. The average Bonchev–Trinajstić information content (AvgIpc) is 2.85. The van der Waals surface area contributed by atoms with Gasteiger partial charge in [-0.2, -0.15) is 9.61 Å². The van der Waals surface area contributed by atoms with Crippen molar-refractivity contribution in [3.8, 4) is 0 Å². The highest BCUT2D eigenvalue weighted by Crippen LogP contribution is 2.07. The van der Waals surface area contributed by atoms with Crippen molar-refractivity contribution in [1.82, 2.24) is 40.0 Å². The van der Waals surface area contributed by atoms with E-state index in [2.05, 4.69) is 30.8 Å². The Morgan fingerprint density at radius 2 is 2.36 bits per heavy atom. The molecule has 3 heterocycles. The molecule has 0 aliphatic rings. The lowest BCUT2D eigenvalue weighted by Gasteiger charge is -1.93. The molecular formula is C5H4N8S. The van der Waals surface area contributed by atoms with Crippen LogP contribution < -0.4 is 0 Å². The zero-order valence-electron chi connectivity index (χ0n) is 6.85. The molecule has 0 bridgehead atoms. The Morgan fingerprint density at radius 1 is 1.36 bits per heavy atom. The maximum absolute atomic E-state index is 4.09. The van der Waals surface area contributed by atoms with E-state index in [0.717, 1.165) is 4.96 Å². The zero-order valence-corrected chi connectivity index (χ0v) is 7.66. The van der Waals surface area contributed by atoms with Crippen LogP contribution in [0.3, 0.4) is 0 Å². The Kier molecular flexibility index (Phi) is 1.50. The van der Waals surface area contributed by atoms with Gasteiger partial charge in [-0.15, -0.1) is 15.3 Å². The summed E-state index contributed by atoms with van der Waals surface area (Å²) in [4.78, 5) is 0.771. The number of hydrogen-bond acceptors (Lipinski definition) is 7. The highest BCUT2D eigenvalue weighted by molar-refractivity contribution is 7.14. The molecule has 0 atom stereocenters. The van der Waals surface area contributed by atoms with Crippen LogP contribution in [0.25, 0.3) is 4.96 Å². The van der Waals surface area contributed by atoms with Crippen molar-refractivity contribution in [1.29, 1.82) is 0 Å². The third kappa shape index (κ3) is 1.06. The summed E-state index contributed by atoms with van der Waals surface area (Å²) < 4.78 is 3.24. The lowest BCUT2D eigenvalue weighted by molar-refractivity contribution is 0.611. The van der Waals surface area contributed by atoms with Gasteiger partial charge in [-0.05, 0) is 10.4 Å². The molecule has 0 N–H and O–H groups in total. The molecule has 0 amide bonds. The fourth-order valence-electron chi connectivity index (χ4n) is 1.10. The molecule has 8 nitrogen and oxygen atoms in total. The molecule has 0 fully saturated rings. The fraction of sp³-hybridized carbons (Fsp3) is 0.200. The van der Waals surface area contributed by atoms with Crippen molar-refractivity contribution < 1.29 is 0 Å².